The lowest BCUT2D eigenvalue weighted by Crippen LogP contribution is -2.49. The van der Waals surface area contributed by atoms with Gasteiger partial charge in [-0.1, -0.05) is 37.8 Å². The molecule has 0 bridgehead atoms. The number of nitrogens with one attached hydrogen (secondary N) is 2. The van der Waals surface area contributed by atoms with Crippen molar-refractivity contribution in [2.24, 2.45) is 0 Å². The van der Waals surface area contributed by atoms with Gasteiger partial charge in [-0.2, -0.15) is 10.6 Å². The van der Waals surface area contributed by atoms with E-state index in [1.807, 2.05) is 12.1 Å². The second-order valence-corrected chi connectivity index (χ2v) is 11.2. The Morgan fingerprint density at radius 2 is 2.06 bits per heavy atom. The SMILES string of the molecule is C=CCOc1cc(F)cc(C[C@H](NC(C)=O)[C@H](O)CN[C@H]2CS(O)(O)Cc3ccc(CC)cc32)c1. The molecule has 192 valence electrons. The minimum atomic E-state index is -2.79. The maximum Gasteiger partial charge on any atom is 0.217 e. The monoisotopic (exact) mass is 506 g/mol. The van der Waals surface area contributed by atoms with Gasteiger partial charge in [0.25, 0.3) is 0 Å². The van der Waals surface area contributed by atoms with Gasteiger partial charge in [-0.15, -0.1) is 0 Å². The molecular weight excluding hydrogens is 471 g/mol. The molecule has 0 radical (unpaired) electrons. The number of aliphatic hydroxyl groups is 1. The van der Waals surface area contributed by atoms with Crippen LogP contribution in [0.3, 0.4) is 0 Å². The molecule has 3 atom stereocenters. The number of aliphatic hydroxyl groups excluding tert-OH is 1. The number of aryl methyl sites for hydroxylation is 1. The number of ether oxygens (including phenoxy) is 1. The first-order chi connectivity index (χ1) is 16.6. The normalized spacial score (nSPS) is 19.2. The van der Waals surface area contributed by atoms with Gasteiger partial charge in [-0.25, -0.2) is 4.39 Å². The fourth-order valence-electron chi connectivity index (χ4n) is 4.33. The topological polar surface area (TPSA) is 111 Å². The molecule has 0 saturated heterocycles. The molecule has 0 spiro atoms. The second kappa shape index (κ2) is 12.0. The quantitative estimate of drug-likeness (QED) is 0.295. The number of halogens is 1. The van der Waals surface area contributed by atoms with E-state index in [1.165, 1.54) is 19.1 Å². The van der Waals surface area contributed by atoms with Crippen molar-refractivity contribution in [2.45, 2.75) is 50.6 Å². The van der Waals surface area contributed by atoms with Gasteiger partial charge >= 0.3 is 0 Å². The molecule has 9 heteroatoms. The summed E-state index contributed by atoms with van der Waals surface area (Å²) in [5.41, 5.74) is 3.58. The number of carbonyl (C=O) groups excluding carboxylic acids is 1. The minimum Gasteiger partial charge on any atom is -0.489 e. The fraction of sp³-hybridized carbons (Fsp3) is 0.423. The van der Waals surface area contributed by atoms with Crippen LogP contribution in [0, 0.1) is 5.82 Å². The fourth-order valence-corrected chi connectivity index (χ4v) is 6.04. The van der Waals surface area contributed by atoms with Crippen LogP contribution in [-0.4, -0.2) is 51.2 Å². The van der Waals surface area contributed by atoms with E-state index in [0.717, 1.165) is 23.1 Å². The molecule has 5 N–H and O–H groups in total. The first-order valence-corrected chi connectivity index (χ1v) is 13.6. The Kier molecular flexibility index (Phi) is 9.32. The Bertz CT molecular complexity index is 1050. The molecule has 1 aliphatic rings. The van der Waals surface area contributed by atoms with Crippen molar-refractivity contribution in [1.29, 1.82) is 0 Å². The summed E-state index contributed by atoms with van der Waals surface area (Å²) in [6.45, 7) is 7.32. The Labute approximate surface area is 207 Å². The molecule has 1 aliphatic heterocycles. The molecule has 2 aromatic carbocycles. The first kappa shape index (κ1) is 27.2. The average Bonchev–Trinajstić information content (AvgIpc) is 2.79. The van der Waals surface area contributed by atoms with Gasteiger partial charge in [-0.05, 0) is 47.2 Å². The third-order valence-corrected chi connectivity index (χ3v) is 7.64. The standard InChI is InChI=1S/C26H35FN2O5S/c1-4-8-34-22-10-19(9-21(27)13-22)12-24(29-17(3)30)26(31)14-28-25-16-35(32,33)15-20-7-6-18(5-2)11-23(20)25/h4,6-7,9-11,13,24-26,28,31-33H,1,5,8,12,14-16H2,2-3H3,(H,29,30)/t24-,25-,26+/m0/s1. The maximum atomic E-state index is 14.1. The summed E-state index contributed by atoms with van der Waals surface area (Å²) in [7, 11) is -2.79. The van der Waals surface area contributed by atoms with Crippen LogP contribution < -0.4 is 15.4 Å². The number of hydrogen-bond acceptors (Lipinski definition) is 6. The highest BCUT2D eigenvalue weighted by molar-refractivity contribution is 8.23. The highest BCUT2D eigenvalue weighted by atomic mass is 32.3. The Hall–Kier alpha value is -2.43. The van der Waals surface area contributed by atoms with E-state index >= 15 is 0 Å². The summed E-state index contributed by atoms with van der Waals surface area (Å²) >= 11 is 0. The molecule has 2 aromatic rings. The number of rotatable bonds is 11. The predicted octanol–water partition coefficient (Wildman–Crippen LogP) is 3.96. The maximum absolute atomic E-state index is 14.1. The van der Waals surface area contributed by atoms with Crippen molar-refractivity contribution in [3.05, 3.63) is 77.1 Å². The summed E-state index contributed by atoms with van der Waals surface area (Å²) < 4.78 is 40.4. The molecule has 7 nitrogen and oxygen atoms in total. The van der Waals surface area contributed by atoms with Crippen LogP contribution in [0.1, 0.15) is 42.1 Å². The lowest BCUT2D eigenvalue weighted by molar-refractivity contribution is -0.120. The number of fused-ring (bicyclic) bond motifs is 1. The minimum absolute atomic E-state index is 0.0933. The van der Waals surface area contributed by atoms with Crippen molar-refractivity contribution in [3.8, 4) is 5.75 Å². The van der Waals surface area contributed by atoms with Crippen LogP contribution in [0.5, 0.6) is 5.75 Å². The van der Waals surface area contributed by atoms with Gasteiger partial charge in [0.05, 0.1) is 29.7 Å². The molecule has 0 fully saturated rings. The summed E-state index contributed by atoms with van der Waals surface area (Å²) in [4.78, 5) is 11.8. The van der Waals surface area contributed by atoms with Gasteiger partial charge in [0.1, 0.15) is 18.2 Å². The van der Waals surface area contributed by atoms with E-state index in [0.29, 0.717) is 11.3 Å². The van der Waals surface area contributed by atoms with E-state index in [4.69, 9.17) is 4.74 Å². The molecule has 0 aromatic heterocycles. The number of hydrogen-bond donors (Lipinski definition) is 5. The van der Waals surface area contributed by atoms with E-state index in [2.05, 4.69) is 30.2 Å². The van der Waals surface area contributed by atoms with Gasteiger partial charge in [0, 0.05) is 19.5 Å². The molecule has 1 heterocycles. The Morgan fingerprint density at radius 3 is 2.74 bits per heavy atom. The van der Waals surface area contributed by atoms with Crippen molar-refractivity contribution in [3.63, 3.8) is 0 Å². The summed E-state index contributed by atoms with van der Waals surface area (Å²) in [6, 6.07) is 9.22. The third kappa shape index (κ3) is 7.78. The smallest absolute Gasteiger partial charge is 0.217 e. The zero-order valence-electron chi connectivity index (χ0n) is 20.2. The van der Waals surface area contributed by atoms with E-state index in [1.54, 1.807) is 12.1 Å². The first-order valence-electron chi connectivity index (χ1n) is 11.7. The average molecular weight is 507 g/mol. The molecule has 1 amide bonds. The molecule has 0 aliphatic carbocycles. The molecule has 35 heavy (non-hydrogen) atoms. The largest absolute Gasteiger partial charge is 0.489 e. The van der Waals surface area contributed by atoms with E-state index < -0.39 is 28.6 Å². The van der Waals surface area contributed by atoms with Crippen molar-refractivity contribution < 1.29 is 28.1 Å². The highest BCUT2D eigenvalue weighted by Crippen LogP contribution is 2.50. The van der Waals surface area contributed by atoms with Crippen LogP contribution in [-0.2, 0) is 23.4 Å². The highest BCUT2D eigenvalue weighted by Gasteiger charge is 2.31. The van der Waals surface area contributed by atoms with Crippen LogP contribution in [0.4, 0.5) is 4.39 Å². The molecule has 0 unspecified atom stereocenters. The molecule has 3 rings (SSSR count). The zero-order chi connectivity index (χ0) is 25.6. The van der Waals surface area contributed by atoms with E-state index in [9.17, 15) is 23.4 Å². The van der Waals surface area contributed by atoms with Gasteiger partial charge in [-0.3, -0.25) is 13.9 Å². The Balaban J connectivity index is 1.75. The number of carbonyl (C=O) groups is 1. The summed E-state index contributed by atoms with van der Waals surface area (Å²) in [5.74, 6) is -0.0922. The summed E-state index contributed by atoms with van der Waals surface area (Å²) in [6.07, 6.45) is 1.58. The van der Waals surface area contributed by atoms with Crippen LogP contribution >= 0.6 is 10.6 Å². The van der Waals surface area contributed by atoms with Gasteiger partial charge < -0.3 is 20.5 Å². The van der Waals surface area contributed by atoms with Gasteiger partial charge in [0.2, 0.25) is 5.91 Å². The van der Waals surface area contributed by atoms with Crippen LogP contribution in [0.15, 0.2) is 49.1 Å². The van der Waals surface area contributed by atoms with Crippen molar-refractivity contribution in [2.75, 3.05) is 18.9 Å². The number of amides is 1. The second-order valence-electron chi connectivity index (χ2n) is 8.93. The Morgan fingerprint density at radius 1 is 1.29 bits per heavy atom. The van der Waals surface area contributed by atoms with Crippen molar-refractivity contribution >= 4 is 16.5 Å². The molecule has 0 saturated carbocycles. The lowest BCUT2D eigenvalue weighted by Gasteiger charge is -2.42. The van der Waals surface area contributed by atoms with Gasteiger partial charge in [0.15, 0.2) is 0 Å². The molecular formula is C26H35FN2O5S. The summed E-state index contributed by atoms with van der Waals surface area (Å²) in [5, 5.41) is 17.0. The van der Waals surface area contributed by atoms with E-state index in [-0.39, 0.29) is 43.0 Å². The predicted molar refractivity (Wildman–Crippen MR) is 137 cm³/mol. The lowest BCUT2D eigenvalue weighted by atomic mass is 9.97. The number of benzene rings is 2. The van der Waals surface area contributed by atoms with Crippen LogP contribution in [0.25, 0.3) is 0 Å². The van der Waals surface area contributed by atoms with Crippen LogP contribution in [0.2, 0.25) is 0 Å². The zero-order valence-corrected chi connectivity index (χ0v) is 21.0. The third-order valence-electron chi connectivity index (χ3n) is 6.00. The van der Waals surface area contributed by atoms with Crippen molar-refractivity contribution in [1.82, 2.24) is 10.6 Å².